The van der Waals surface area contributed by atoms with Crippen molar-refractivity contribution in [1.29, 1.82) is 0 Å². The molecule has 0 spiro atoms. The van der Waals surface area contributed by atoms with Gasteiger partial charge in [-0.05, 0) is 37.2 Å². The summed E-state index contributed by atoms with van der Waals surface area (Å²) in [6.07, 6.45) is 5.07. The van der Waals surface area contributed by atoms with Crippen LogP contribution in [-0.2, 0) is 16.0 Å². The van der Waals surface area contributed by atoms with Crippen LogP contribution in [0.2, 0.25) is 0 Å². The van der Waals surface area contributed by atoms with Crippen molar-refractivity contribution in [1.82, 2.24) is 10.2 Å². The average molecular weight is 300 g/mol. The van der Waals surface area contributed by atoms with E-state index in [1.807, 2.05) is 23.1 Å². The summed E-state index contributed by atoms with van der Waals surface area (Å²) in [5.74, 6) is 0.827. The number of aryl methyl sites for hydroxylation is 1. The zero-order chi connectivity index (χ0) is 15.4. The number of nitrogens with one attached hydrogen (secondary N) is 1. The Hall–Kier alpha value is -1.84. The van der Waals surface area contributed by atoms with Crippen LogP contribution in [0.3, 0.4) is 0 Å². The fraction of sp³-hybridized carbons (Fsp3) is 0.556. The van der Waals surface area contributed by atoms with Gasteiger partial charge in [0.05, 0.1) is 6.04 Å². The molecule has 1 N–H and O–H groups in total. The van der Waals surface area contributed by atoms with E-state index in [2.05, 4.69) is 17.4 Å². The van der Waals surface area contributed by atoms with Crippen LogP contribution in [0.1, 0.15) is 37.7 Å². The lowest BCUT2D eigenvalue weighted by Crippen LogP contribution is -2.39. The largest absolute Gasteiger partial charge is 0.351 e. The Morgan fingerprint density at radius 1 is 1.23 bits per heavy atom. The molecule has 2 heterocycles. The predicted octanol–water partition coefficient (Wildman–Crippen LogP) is 2.14. The Kier molecular flexibility index (Phi) is 4.76. The highest BCUT2D eigenvalue weighted by Crippen LogP contribution is 2.25. The maximum absolute atomic E-state index is 12.4. The second kappa shape index (κ2) is 6.95. The van der Waals surface area contributed by atoms with Gasteiger partial charge in [-0.15, -0.1) is 0 Å². The molecule has 1 aromatic rings. The van der Waals surface area contributed by atoms with Gasteiger partial charge in [-0.2, -0.15) is 0 Å². The first kappa shape index (κ1) is 15.1. The van der Waals surface area contributed by atoms with E-state index in [-0.39, 0.29) is 17.9 Å². The third kappa shape index (κ3) is 3.67. The molecule has 2 amide bonds. The fourth-order valence-corrected chi connectivity index (χ4v) is 3.58. The van der Waals surface area contributed by atoms with Gasteiger partial charge in [-0.1, -0.05) is 30.3 Å². The lowest BCUT2D eigenvalue weighted by Gasteiger charge is -2.17. The highest BCUT2D eigenvalue weighted by atomic mass is 16.2. The molecule has 2 saturated heterocycles. The number of carbonyl (C=O) groups excluding carboxylic acids is 2. The predicted molar refractivity (Wildman–Crippen MR) is 85.2 cm³/mol. The molecule has 118 valence electrons. The lowest BCUT2D eigenvalue weighted by atomic mass is 9.99. The Labute approximate surface area is 131 Å². The normalized spacial score (nSPS) is 24.5. The van der Waals surface area contributed by atoms with Gasteiger partial charge in [-0.25, -0.2) is 0 Å². The van der Waals surface area contributed by atoms with E-state index in [0.717, 1.165) is 32.2 Å². The van der Waals surface area contributed by atoms with Gasteiger partial charge in [0.15, 0.2) is 0 Å². The van der Waals surface area contributed by atoms with E-state index >= 15 is 0 Å². The zero-order valence-electron chi connectivity index (χ0n) is 13.0. The summed E-state index contributed by atoms with van der Waals surface area (Å²) in [4.78, 5) is 25.9. The van der Waals surface area contributed by atoms with E-state index in [1.165, 1.54) is 5.56 Å². The molecule has 4 nitrogen and oxygen atoms in total. The Balaban J connectivity index is 1.46. The minimum atomic E-state index is 0.144. The van der Waals surface area contributed by atoms with Crippen LogP contribution in [0.5, 0.6) is 0 Å². The van der Waals surface area contributed by atoms with Crippen molar-refractivity contribution in [3.63, 3.8) is 0 Å². The van der Waals surface area contributed by atoms with Gasteiger partial charge in [0.1, 0.15) is 0 Å². The molecular weight excluding hydrogens is 276 g/mol. The molecule has 2 atom stereocenters. The molecule has 2 fully saturated rings. The van der Waals surface area contributed by atoms with Crippen LogP contribution >= 0.6 is 0 Å². The van der Waals surface area contributed by atoms with Crippen LogP contribution in [0.15, 0.2) is 30.3 Å². The van der Waals surface area contributed by atoms with Gasteiger partial charge in [0, 0.05) is 25.9 Å². The number of hydrogen-bond donors (Lipinski definition) is 1. The van der Waals surface area contributed by atoms with Crippen LogP contribution in [0, 0.1) is 5.92 Å². The van der Waals surface area contributed by atoms with Crippen molar-refractivity contribution >= 4 is 11.8 Å². The van der Waals surface area contributed by atoms with Gasteiger partial charge in [0.2, 0.25) is 11.8 Å². The third-order valence-corrected chi connectivity index (χ3v) is 4.82. The van der Waals surface area contributed by atoms with E-state index in [0.29, 0.717) is 25.3 Å². The smallest absolute Gasteiger partial charge is 0.222 e. The number of hydrogen-bond acceptors (Lipinski definition) is 2. The van der Waals surface area contributed by atoms with E-state index in [1.54, 1.807) is 0 Å². The van der Waals surface area contributed by atoms with Crippen LogP contribution in [0.25, 0.3) is 0 Å². The zero-order valence-corrected chi connectivity index (χ0v) is 13.0. The molecule has 0 bridgehead atoms. The molecule has 0 saturated carbocycles. The molecule has 22 heavy (non-hydrogen) atoms. The standard InChI is InChI=1S/C18H24N2O2/c21-17-10-5-9-15-12-20(13-16(15)19-17)18(22)11-4-8-14-6-2-1-3-7-14/h1-3,6-7,15-16H,4-5,8-13H2,(H,19,21)/t15-,16+/m1/s1. The highest BCUT2D eigenvalue weighted by Gasteiger charge is 2.36. The van der Waals surface area contributed by atoms with Crippen molar-refractivity contribution in [2.45, 2.75) is 44.6 Å². The molecule has 4 heteroatoms. The van der Waals surface area contributed by atoms with Gasteiger partial charge in [0.25, 0.3) is 0 Å². The maximum Gasteiger partial charge on any atom is 0.222 e. The van der Waals surface area contributed by atoms with Crippen LogP contribution in [-0.4, -0.2) is 35.8 Å². The molecule has 3 rings (SSSR count). The molecule has 2 aliphatic rings. The third-order valence-electron chi connectivity index (χ3n) is 4.82. The lowest BCUT2D eigenvalue weighted by molar-refractivity contribution is -0.130. The quantitative estimate of drug-likeness (QED) is 0.926. The number of benzene rings is 1. The molecule has 2 aliphatic heterocycles. The number of nitrogens with zero attached hydrogens (tertiary/aromatic N) is 1. The number of carbonyl (C=O) groups is 2. The Bertz CT molecular complexity index is 529. The summed E-state index contributed by atoms with van der Waals surface area (Å²) >= 11 is 0. The minimum absolute atomic E-state index is 0.144. The summed E-state index contributed by atoms with van der Waals surface area (Å²) in [7, 11) is 0. The van der Waals surface area contributed by atoms with Crippen LogP contribution < -0.4 is 5.32 Å². The van der Waals surface area contributed by atoms with Gasteiger partial charge in [-0.3, -0.25) is 9.59 Å². The van der Waals surface area contributed by atoms with Gasteiger partial charge < -0.3 is 10.2 Å². The topological polar surface area (TPSA) is 49.4 Å². The SMILES string of the molecule is O=C1CCC[C@@H]2CN(C(=O)CCCc3ccccc3)C[C@@H]2N1. The highest BCUT2D eigenvalue weighted by molar-refractivity contribution is 5.78. The second-order valence-corrected chi connectivity index (χ2v) is 6.46. The molecule has 0 aromatic heterocycles. The molecule has 0 radical (unpaired) electrons. The number of likely N-dealkylation sites (tertiary alicyclic amines) is 1. The Morgan fingerprint density at radius 2 is 2.05 bits per heavy atom. The van der Waals surface area contributed by atoms with E-state index in [4.69, 9.17) is 0 Å². The monoisotopic (exact) mass is 300 g/mol. The Morgan fingerprint density at radius 3 is 2.86 bits per heavy atom. The summed E-state index contributed by atoms with van der Waals surface area (Å²) < 4.78 is 0. The number of rotatable bonds is 4. The first-order valence-electron chi connectivity index (χ1n) is 8.33. The summed E-state index contributed by atoms with van der Waals surface area (Å²) in [5, 5.41) is 3.07. The first-order valence-corrected chi connectivity index (χ1v) is 8.33. The van der Waals surface area contributed by atoms with Crippen LogP contribution in [0.4, 0.5) is 0 Å². The van der Waals surface area contributed by atoms with E-state index in [9.17, 15) is 9.59 Å². The van der Waals surface area contributed by atoms with Crippen molar-refractivity contribution in [2.24, 2.45) is 5.92 Å². The number of fused-ring (bicyclic) bond motifs is 1. The average Bonchev–Trinajstić information content (AvgIpc) is 2.83. The van der Waals surface area contributed by atoms with Gasteiger partial charge >= 0.3 is 0 Å². The van der Waals surface area contributed by atoms with Crippen molar-refractivity contribution in [3.8, 4) is 0 Å². The summed E-state index contributed by atoms with van der Waals surface area (Å²) in [6, 6.07) is 10.5. The summed E-state index contributed by atoms with van der Waals surface area (Å²) in [6.45, 7) is 1.51. The molecule has 0 aliphatic carbocycles. The fourth-order valence-electron chi connectivity index (χ4n) is 3.58. The molecular formula is C18H24N2O2. The van der Waals surface area contributed by atoms with Crippen molar-refractivity contribution < 1.29 is 9.59 Å². The van der Waals surface area contributed by atoms with Crippen molar-refractivity contribution in [2.75, 3.05) is 13.1 Å². The second-order valence-electron chi connectivity index (χ2n) is 6.46. The van der Waals surface area contributed by atoms with E-state index < -0.39 is 0 Å². The molecule has 0 unspecified atom stereocenters. The number of amides is 2. The summed E-state index contributed by atoms with van der Waals surface area (Å²) in [5.41, 5.74) is 1.29. The van der Waals surface area contributed by atoms with Crippen molar-refractivity contribution in [3.05, 3.63) is 35.9 Å². The first-order chi connectivity index (χ1) is 10.7. The minimum Gasteiger partial charge on any atom is -0.351 e. The maximum atomic E-state index is 12.4. The molecule has 1 aromatic carbocycles.